The molecule has 0 fully saturated rings. The molecule has 1 heterocycles. The minimum Gasteiger partial charge on any atom is -0.481 e. The fourth-order valence-corrected chi connectivity index (χ4v) is 1.96. The van der Waals surface area contributed by atoms with Crippen LogP contribution in [0, 0.1) is 6.92 Å². The van der Waals surface area contributed by atoms with Crippen LogP contribution in [0.1, 0.15) is 28.7 Å². The minimum atomic E-state index is -1.22. The number of benzene rings is 1. The summed E-state index contributed by atoms with van der Waals surface area (Å²) in [5, 5.41) is 12.1. The number of carbonyl (C=O) groups excluding carboxylic acids is 1. The van der Waals surface area contributed by atoms with Crippen LogP contribution in [0.5, 0.6) is 0 Å². The standard InChI is InChI=1S/C15H16N2O4/c1-10-12(21-9-17-10)13(18)16-8-15(2,14(19)20)11-6-4-3-5-7-11/h3-7,9H,8H2,1-2H3,(H,16,18)(H,19,20). The zero-order valence-corrected chi connectivity index (χ0v) is 11.8. The fourth-order valence-electron chi connectivity index (χ4n) is 1.96. The summed E-state index contributed by atoms with van der Waals surface area (Å²) in [5.41, 5.74) is -0.137. The Kier molecular flexibility index (Phi) is 4.07. The van der Waals surface area contributed by atoms with Gasteiger partial charge in [0.2, 0.25) is 5.76 Å². The summed E-state index contributed by atoms with van der Waals surface area (Å²) in [6.45, 7) is 3.16. The van der Waals surface area contributed by atoms with Gasteiger partial charge in [-0.15, -0.1) is 0 Å². The molecular weight excluding hydrogens is 272 g/mol. The molecule has 1 aromatic heterocycles. The Morgan fingerprint density at radius 1 is 1.33 bits per heavy atom. The first-order valence-corrected chi connectivity index (χ1v) is 6.42. The van der Waals surface area contributed by atoms with Gasteiger partial charge >= 0.3 is 5.97 Å². The van der Waals surface area contributed by atoms with Crippen molar-refractivity contribution in [3.05, 3.63) is 53.7 Å². The van der Waals surface area contributed by atoms with Crippen LogP contribution in [0.25, 0.3) is 0 Å². The smallest absolute Gasteiger partial charge is 0.315 e. The maximum Gasteiger partial charge on any atom is 0.315 e. The van der Waals surface area contributed by atoms with E-state index in [4.69, 9.17) is 4.42 Å². The number of nitrogens with zero attached hydrogens (tertiary/aromatic N) is 1. The summed E-state index contributed by atoms with van der Waals surface area (Å²) < 4.78 is 4.99. The highest BCUT2D eigenvalue weighted by Gasteiger charge is 2.36. The van der Waals surface area contributed by atoms with Crippen molar-refractivity contribution in [1.82, 2.24) is 10.3 Å². The first-order valence-electron chi connectivity index (χ1n) is 6.42. The Labute approximate surface area is 121 Å². The maximum absolute atomic E-state index is 12.0. The molecule has 2 aromatic rings. The predicted octanol–water partition coefficient (Wildman–Crippen LogP) is 1.76. The molecule has 1 aromatic carbocycles. The summed E-state index contributed by atoms with van der Waals surface area (Å²) in [6.07, 6.45) is 1.18. The minimum absolute atomic E-state index is 0.0503. The number of oxazole rings is 1. The molecule has 2 N–H and O–H groups in total. The molecule has 6 nitrogen and oxygen atoms in total. The highest BCUT2D eigenvalue weighted by molar-refractivity contribution is 5.93. The number of nitrogens with one attached hydrogen (secondary N) is 1. The third-order valence-corrected chi connectivity index (χ3v) is 3.44. The number of amides is 1. The molecule has 1 atom stereocenters. The lowest BCUT2D eigenvalue weighted by Crippen LogP contribution is -2.44. The lowest BCUT2D eigenvalue weighted by Gasteiger charge is -2.25. The zero-order chi connectivity index (χ0) is 15.5. The van der Waals surface area contributed by atoms with Crippen molar-refractivity contribution < 1.29 is 19.1 Å². The predicted molar refractivity (Wildman–Crippen MR) is 75.0 cm³/mol. The van der Waals surface area contributed by atoms with E-state index in [1.54, 1.807) is 38.1 Å². The van der Waals surface area contributed by atoms with Gasteiger partial charge in [0.15, 0.2) is 6.39 Å². The molecule has 2 rings (SSSR count). The number of hydrogen-bond donors (Lipinski definition) is 2. The van der Waals surface area contributed by atoms with E-state index < -0.39 is 17.3 Å². The van der Waals surface area contributed by atoms with Gasteiger partial charge in [-0.3, -0.25) is 9.59 Å². The van der Waals surface area contributed by atoms with E-state index >= 15 is 0 Å². The first-order chi connectivity index (χ1) is 9.95. The summed E-state index contributed by atoms with van der Waals surface area (Å²) in [5.74, 6) is -1.40. The number of aromatic nitrogens is 1. The van der Waals surface area contributed by atoms with Gasteiger partial charge in [-0.2, -0.15) is 0 Å². The van der Waals surface area contributed by atoms with Gasteiger partial charge in [0.1, 0.15) is 5.41 Å². The van der Waals surface area contributed by atoms with Crippen LogP contribution in [-0.4, -0.2) is 28.5 Å². The van der Waals surface area contributed by atoms with Crippen LogP contribution in [0.15, 0.2) is 41.1 Å². The van der Waals surface area contributed by atoms with E-state index in [9.17, 15) is 14.7 Å². The SMILES string of the molecule is Cc1ncoc1C(=O)NCC(C)(C(=O)O)c1ccccc1. The Hall–Kier alpha value is -2.63. The zero-order valence-electron chi connectivity index (χ0n) is 11.8. The second-order valence-electron chi connectivity index (χ2n) is 4.95. The van der Waals surface area contributed by atoms with Gasteiger partial charge in [0, 0.05) is 6.54 Å². The molecule has 0 spiro atoms. The monoisotopic (exact) mass is 288 g/mol. The number of hydrogen-bond acceptors (Lipinski definition) is 4. The summed E-state index contributed by atoms with van der Waals surface area (Å²) >= 11 is 0. The summed E-state index contributed by atoms with van der Waals surface area (Å²) in [6, 6.07) is 8.78. The van der Waals surface area contributed by atoms with Crippen molar-refractivity contribution in [1.29, 1.82) is 0 Å². The van der Waals surface area contributed by atoms with Crippen molar-refractivity contribution in [2.24, 2.45) is 0 Å². The second kappa shape index (κ2) is 5.78. The van der Waals surface area contributed by atoms with Gasteiger partial charge < -0.3 is 14.8 Å². The molecule has 0 radical (unpaired) electrons. The van der Waals surface area contributed by atoms with E-state index in [2.05, 4.69) is 10.3 Å². The summed E-state index contributed by atoms with van der Waals surface area (Å²) in [7, 11) is 0. The lowest BCUT2D eigenvalue weighted by molar-refractivity contribution is -0.142. The van der Waals surface area contributed by atoms with E-state index in [0.29, 0.717) is 11.3 Å². The molecule has 0 aliphatic rings. The van der Waals surface area contributed by atoms with Gasteiger partial charge in [-0.25, -0.2) is 4.98 Å². The average Bonchev–Trinajstić information content (AvgIpc) is 2.91. The van der Waals surface area contributed by atoms with Gasteiger partial charge in [0.25, 0.3) is 5.91 Å². The molecular formula is C15H16N2O4. The fraction of sp³-hybridized carbons (Fsp3) is 0.267. The molecule has 6 heteroatoms. The highest BCUT2D eigenvalue weighted by Crippen LogP contribution is 2.23. The topological polar surface area (TPSA) is 92.4 Å². The molecule has 0 aliphatic carbocycles. The van der Waals surface area contributed by atoms with Crippen LogP contribution in [0.3, 0.4) is 0 Å². The number of aliphatic carboxylic acids is 1. The van der Waals surface area contributed by atoms with E-state index in [1.807, 2.05) is 6.07 Å². The van der Waals surface area contributed by atoms with Crippen LogP contribution in [-0.2, 0) is 10.2 Å². The van der Waals surface area contributed by atoms with Gasteiger partial charge in [-0.1, -0.05) is 30.3 Å². The van der Waals surface area contributed by atoms with Crippen molar-refractivity contribution in [3.63, 3.8) is 0 Å². The number of rotatable bonds is 5. The maximum atomic E-state index is 12.0. The van der Waals surface area contributed by atoms with Crippen LogP contribution in [0.4, 0.5) is 0 Å². The Balaban J connectivity index is 2.17. The van der Waals surface area contributed by atoms with Crippen molar-refractivity contribution in [3.8, 4) is 0 Å². The Bertz CT molecular complexity index is 651. The Morgan fingerprint density at radius 2 is 2.00 bits per heavy atom. The van der Waals surface area contributed by atoms with E-state index in [1.165, 1.54) is 6.39 Å². The molecule has 0 saturated carbocycles. The quantitative estimate of drug-likeness (QED) is 0.874. The van der Waals surface area contributed by atoms with Gasteiger partial charge in [-0.05, 0) is 19.4 Å². The summed E-state index contributed by atoms with van der Waals surface area (Å²) in [4.78, 5) is 27.4. The highest BCUT2D eigenvalue weighted by atomic mass is 16.4. The molecule has 1 amide bonds. The number of carbonyl (C=O) groups is 2. The normalized spacial score (nSPS) is 13.4. The van der Waals surface area contributed by atoms with Gasteiger partial charge in [0.05, 0.1) is 5.69 Å². The number of carboxylic acids is 1. The molecule has 1 unspecified atom stereocenters. The first kappa shape index (κ1) is 14.8. The second-order valence-corrected chi connectivity index (χ2v) is 4.95. The van der Waals surface area contributed by atoms with Crippen molar-refractivity contribution >= 4 is 11.9 Å². The molecule has 21 heavy (non-hydrogen) atoms. The Morgan fingerprint density at radius 3 is 2.52 bits per heavy atom. The van der Waals surface area contributed by atoms with Crippen molar-refractivity contribution in [2.45, 2.75) is 19.3 Å². The van der Waals surface area contributed by atoms with E-state index in [0.717, 1.165) is 0 Å². The third-order valence-electron chi connectivity index (χ3n) is 3.44. The van der Waals surface area contributed by atoms with E-state index in [-0.39, 0.29) is 12.3 Å². The molecule has 110 valence electrons. The number of aryl methyl sites for hydroxylation is 1. The van der Waals surface area contributed by atoms with Crippen molar-refractivity contribution in [2.75, 3.05) is 6.54 Å². The average molecular weight is 288 g/mol. The van der Waals surface area contributed by atoms with Crippen LogP contribution < -0.4 is 5.32 Å². The molecule has 0 aliphatic heterocycles. The van der Waals surface area contributed by atoms with Crippen LogP contribution >= 0.6 is 0 Å². The lowest BCUT2D eigenvalue weighted by atomic mass is 9.82. The molecule has 0 saturated heterocycles. The number of carboxylic acid groups (broad SMARTS) is 1. The largest absolute Gasteiger partial charge is 0.481 e. The third kappa shape index (κ3) is 2.94. The molecule has 0 bridgehead atoms. The van der Waals surface area contributed by atoms with Crippen LogP contribution in [0.2, 0.25) is 0 Å².